The highest BCUT2D eigenvalue weighted by Gasteiger charge is 2.16. The Bertz CT molecular complexity index is 477. The molecule has 1 atom stereocenters. The molecule has 0 aromatic heterocycles. The topological polar surface area (TPSA) is 44.4 Å². The third-order valence-electron chi connectivity index (χ3n) is 4.47. The van der Waals surface area contributed by atoms with E-state index in [1.807, 2.05) is 18.2 Å². The molecule has 0 saturated carbocycles. The van der Waals surface area contributed by atoms with Gasteiger partial charge in [-0.3, -0.25) is 9.69 Å². The fourth-order valence-corrected chi connectivity index (χ4v) is 3.26. The van der Waals surface area contributed by atoms with Crippen molar-refractivity contribution in [3.05, 3.63) is 35.4 Å². The lowest BCUT2D eigenvalue weighted by molar-refractivity contribution is 0.0950. The Morgan fingerprint density at radius 3 is 2.90 bits per heavy atom. The van der Waals surface area contributed by atoms with Crippen molar-refractivity contribution in [1.29, 1.82) is 0 Å². The molecular weight excluding hydrogens is 262 g/mol. The minimum Gasteiger partial charge on any atom is -0.350 e. The average molecular weight is 287 g/mol. The summed E-state index contributed by atoms with van der Waals surface area (Å²) in [7, 11) is 0. The molecule has 4 nitrogen and oxygen atoms in total. The number of carbonyl (C=O) groups is 1. The van der Waals surface area contributed by atoms with E-state index in [-0.39, 0.29) is 5.91 Å². The van der Waals surface area contributed by atoms with Crippen LogP contribution in [0.1, 0.15) is 41.6 Å². The maximum Gasteiger partial charge on any atom is 0.251 e. The average Bonchev–Trinajstić information content (AvgIpc) is 3.18. The molecule has 21 heavy (non-hydrogen) atoms. The number of hydrogen-bond acceptors (Lipinski definition) is 3. The van der Waals surface area contributed by atoms with Gasteiger partial charge in [0.2, 0.25) is 0 Å². The first-order valence-electron chi connectivity index (χ1n) is 8.14. The molecule has 2 aliphatic heterocycles. The molecule has 2 heterocycles. The smallest absolute Gasteiger partial charge is 0.251 e. The zero-order chi connectivity index (χ0) is 14.5. The molecule has 2 fully saturated rings. The Morgan fingerprint density at radius 2 is 2.14 bits per heavy atom. The van der Waals surface area contributed by atoms with Crippen molar-refractivity contribution in [3.8, 4) is 0 Å². The van der Waals surface area contributed by atoms with Gasteiger partial charge in [0, 0.05) is 24.7 Å². The van der Waals surface area contributed by atoms with E-state index in [2.05, 4.69) is 21.6 Å². The first-order chi connectivity index (χ1) is 10.3. The Morgan fingerprint density at radius 1 is 1.29 bits per heavy atom. The molecule has 114 valence electrons. The van der Waals surface area contributed by atoms with Gasteiger partial charge < -0.3 is 10.6 Å². The minimum atomic E-state index is 0.0481. The van der Waals surface area contributed by atoms with Gasteiger partial charge in [0.25, 0.3) is 5.91 Å². The van der Waals surface area contributed by atoms with Crippen LogP contribution in [0.15, 0.2) is 24.3 Å². The summed E-state index contributed by atoms with van der Waals surface area (Å²) in [6.45, 7) is 5.14. The molecule has 4 heteroatoms. The molecule has 3 rings (SSSR count). The van der Waals surface area contributed by atoms with E-state index in [9.17, 15) is 4.79 Å². The summed E-state index contributed by atoms with van der Waals surface area (Å²) in [6.07, 6.45) is 4.98. The lowest BCUT2D eigenvalue weighted by Crippen LogP contribution is -2.37. The van der Waals surface area contributed by atoms with Gasteiger partial charge in [-0.15, -0.1) is 0 Å². The third-order valence-corrected chi connectivity index (χ3v) is 4.47. The number of nitrogens with zero attached hydrogens (tertiary/aromatic N) is 1. The number of nitrogens with one attached hydrogen (secondary N) is 2. The van der Waals surface area contributed by atoms with Gasteiger partial charge in [-0.05, 0) is 63.0 Å². The summed E-state index contributed by atoms with van der Waals surface area (Å²) in [4.78, 5) is 14.7. The number of benzene rings is 1. The van der Waals surface area contributed by atoms with Crippen molar-refractivity contribution >= 4 is 5.91 Å². The SMILES string of the molecule is O=C(NCC1CCCN1)c1cccc(CN2CCCC2)c1. The van der Waals surface area contributed by atoms with Crippen LogP contribution >= 0.6 is 0 Å². The van der Waals surface area contributed by atoms with Crippen LogP contribution in [0.4, 0.5) is 0 Å². The third kappa shape index (κ3) is 4.05. The van der Waals surface area contributed by atoms with E-state index in [1.165, 1.54) is 37.9 Å². The number of carbonyl (C=O) groups excluding carboxylic acids is 1. The lowest BCUT2D eigenvalue weighted by atomic mass is 10.1. The van der Waals surface area contributed by atoms with Crippen LogP contribution in [-0.4, -0.2) is 43.0 Å². The first-order valence-corrected chi connectivity index (χ1v) is 8.14. The Balaban J connectivity index is 1.54. The fourth-order valence-electron chi connectivity index (χ4n) is 3.26. The van der Waals surface area contributed by atoms with Gasteiger partial charge in [-0.25, -0.2) is 0 Å². The minimum absolute atomic E-state index is 0.0481. The van der Waals surface area contributed by atoms with Crippen molar-refractivity contribution in [2.24, 2.45) is 0 Å². The second-order valence-electron chi connectivity index (χ2n) is 6.19. The summed E-state index contributed by atoms with van der Waals surface area (Å²) >= 11 is 0. The second kappa shape index (κ2) is 7.05. The quantitative estimate of drug-likeness (QED) is 0.867. The Hall–Kier alpha value is -1.39. The molecule has 2 aliphatic rings. The van der Waals surface area contributed by atoms with Gasteiger partial charge in [-0.1, -0.05) is 12.1 Å². The summed E-state index contributed by atoms with van der Waals surface area (Å²) in [5.74, 6) is 0.0481. The van der Waals surface area contributed by atoms with Crippen molar-refractivity contribution in [3.63, 3.8) is 0 Å². The van der Waals surface area contributed by atoms with Gasteiger partial charge in [0.15, 0.2) is 0 Å². The Labute approximate surface area is 126 Å². The maximum atomic E-state index is 12.2. The van der Waals surface area contributed by atoms with Crippen molar-refractivity contribution < 1.29 is 4.79 Å². The van der Waals surface area contributed by atoms with Gasteiger partial charge in [0.1, 0.15) is 0 Å². The largest absolute Gasteiger partial charge is 0.350 e. The van der Waals surface area contributed by atoms with E-state index < -0.39 is 0 Å². The molecule has 0 radical (unpaired) electrons. The van der Waals surface area contributed by atoms with Crippen LogP contribution < -0.4 is 10.6 Å². The highest BCUT2D eigenvalue weighted by atomic mass is 16.1. The lowest BCUT2D eigenvalue weighted by Gasteiger charge is -2.15. The highest BCUT2D eigenvalue weighted by molar-refractivity contribution is 5.94. The zero-order valence-corrected chi connectivity index (χ0v) is 12.6. The Kier molecular flexibility index (Phi) is 4.88. The predicted molar refractivity (Wildman–Crippen MR) is 84.3 cm³/mol. The molecule has 1 amide bonds. The zero-order valence-electron chi connectivity index (χ0n) is 12.6. The predicted octanol–water partition coefficient (Wildman–Crippen LogP) is 1.76. The standard InChI is InChI=1S/C17H25N3O/c21-17(19-12-16-7-4-8-18-16)15-6-3-5-14(11-15)13-20-9-1-2-10-20/h3,5-6,11,16,18H,1-2,4,7-10,12-13H2,(H,19,21). The summed E-state index contributed by atoms with van der Waals surface area (Å²) in [5, 5.41) is 6.45. The molecule has 1 unspecified atom stereocenters. The van der Waals surface area contributed by atoms with E-state index in [0.717, 1.165) is 31.6 Å². The second-order valence-corrected chi connectivity index (χ2v) is 6.19. The van der Waals surface area contributed by atoms with Crippen molar-refractivity contribution in [1.82, 2.24) is 15.5 Å². The molecule has 0 bridgehead atoms. The molecule has 1 aromatic carbocycles. The van der Waals surface area contributed by atoms with E-state index in [1.54, 1.807) is 0 Å². The van der Waals surface area contributed by atoms with Crippen LogP contribution in [0.25, 0.3) is 0 Å². The summed E-state index contributed by atoms with van der Waals surface area (Å²) in [6, 6.07) is 8.50. The summed E-state index contributed by atoms with van der Waals surface area (Å²) < 4.78 is 0. The van der Waals surface area contributed by atoms with Crippen LogP contribution in [0.5, 0.6) is 0 Å². The normalized spacial score (nSPS) is 22.6. The molecule has 0 aliphatic carbocycles. The van der Waals surface area contributed by atoms with Gasteiger partial charge in [0.05, 0.1) is 0 Å². The van der Waals surface area contributed by atoms with E-state index in [4.69, 9.17) is 0 Å². The monoisotopic (exact) mass is 287 g/mol. The number of likely N-dealkylation sites (tertiary alicyclic amines) is 1. The fraction of sp³-hybridized carbons (Fsp3) is 0.588. The molecular formula is C17H25N3O. The number of amides is 1. The highest BCUT2D eigenvalue weighted by Crippen LogP contribution is 2.14. The van der Waals surface area contributed by atoms with Gasteiger partial charge >= 0.3 is 0 Å². The number of hydrogen-bond donors (Lipinski definition) is 2. The first kappa shape index (κ1) is 14.5. The molecule has 0 spiro atoms. The van der Waals surface area contributed by atoms with Gasteiger partial charge in [-0.2, -0.15) is 0 Å². The van der Waals surface area contributed by atoms with E-state index in [0.29, 0.717) is 6.04 Å². The summed E-state index contributed by atoms with van der Waals surface area (Å²) in [5.41, 5.74) is 2.02. The molecule has 2 N–H and O–H groups in total. The van der Waals surface area contributed by atoms with Crippen LogP contribution in [0.2, 0.25) is 0 Å². The van der Waals surface area contributed by atoms with Crippen molar-refractivity contribution in [2.45, 2.75) is 38.3 Å². The van der Waals surface area contributed by atoms with Crippen LogP contribution in [0.3, 0.4) is 0 Å². The van der Waals surface area contributed by atoms with Crippen LogP contribution in [-0.2, 0) is 6.54 Å². The van der Waals surface area contributed by atoms with Crippen molar-refractivity contribution in [2.75, 3.05) is 26.2 Å². The number of rotatable bonds is 5. The van der Waals surface area contributed by atoms with E-state index >= 15 is 0 Å². The maximum absolute atomic E-state index is 12.2. The molecule has 1 aromatic rings. The molecule has 2 saturated heterocycles. The van der Waals surface area contributed by atoms with Crippen LogP contribution in [0, 0.1) is 0 Å².